The van der Waals surface area contributed by atoms with Crippen LogP contribution < -0.4 is 10.2 Å². The lowest BCUT2D eigenvalue weighted by Gasteiger charge is -2.18. The number of fused-ring (bicyclic) bond motifs is 1. The molecule has 0 bridgehead atoms. The lowest BCUT2D eigenvalue weighted by molar-refractivity contribution is 0.102. The molecule has 0 atom stereocenters. The van der Waals surface area contributed by atoms with Crippen LogP contribution in [0, 0.1) is 5.82 Å². The van der Waals surface area contributed by atoms with Gasteiger partial charge in [0.15, 0.2) is 5.69 Å². The summed E-state index contributed by atoms with van der Waals surface area (Å²) in [5.41, 5.74) is 4.60. The number of hydrogen-bond donors (Lipinski definition) is 1. The van der Waals surface area contributed by atoms with E-state index in [1.165, 1.54) is 12.1 Å². The van der Waals surface area contributed by atoms with Gasteiger partial charge >= 0.3 is 0 Å². The normalized spacial score (nSPS) is 12.7. The molecule has 0 saturated carbocycles. The van der Waals surface area contributed by atoms with E-state index >= 15 is 0 Å². The molecule has 0 spiro atoms. The maximum atomic E-state index is 13.3. The highest BCUT2D eigenvalue weighted by Gasteiger charge is 2.27. The SMILES string of the molecule is CN(C)c1ccc(Cl)cc1NC(=O)c1nn(-c2ccc(F)cc2)c2c1CCC2. The number of nitrogens with one attached hydrogen (secondary N) is 1. The van der Waals surface area contributed by atoms with Crippen molar-refractivity contribution in [1.82, 2.24) is 9.78 Å². The monoisotopic (exact) mass is 398 g/mol. The minimum absolute atomic E-state index is 0.274. The van der Waals surface area contributed by atoms with Crippen LogP contribution in [0.15, 0.2) is 42.5 Å². The molecular weight excluding hydrogens is 379 g/mol. The predicted octanol–water partition coefficient (Wildman–Crippen LogP) is 4.47. The van der Waals surface area contributed by atoms with Crippen molar-refractivity contribution in [2.24, 2.45) is 0 Å². The molecule has 144 valence electrons. The first kappa shape index (κ1) is 18.5. The summed E-state index contributed by atoms with van der Waals surface area (Å²) in [4.78, 5) is 15.0. The zero-order valence-corrected chi connectivity index (χ0v) is 16.4. The van der Waals surface area contributed by atoms with E-state index in [1.807, 2.05) is 25.1 Å². The second-order valence-corrected chi connectivity index (χ2v) is 7.46. The minimum Gasteiger partial charge on any atom is -0.376 e. The van der Waals surface area contributed by atoms with Gasteiger partial charge in [0.05, 0.1) is 17.1 Å². The van der Waals surface area contributed by atoms with Gasteiger partial charge in [0.1, 0.15) is 5.82 Å². The Kier molecular flexibility index (Phi) is 4.81. The number of aromatic nitrogens is 2. The summed E-state index contributed by atoms with van der Waals surface area (Å²) in [5.74, 6) is -0.577. The number of amides is 1. The number of nitrogens with zero attached hydrogens (tertiary/aromatic N) is 3. The summed E-state index contributed by atoms with van der Waals surface area (Å²) in [7, 11) is 3.81. The van der Waals surface area contributed by atoms with Crippen molar-refractivity contribution in [3.05, 3.63) is 70.3 Å². The molecule has 0 fully saturated rings. The number of hydrogen-bond acceptors (Lipinski definition) is 3. The summed E-state index contributed by atoms with van der Waals surface area (Å²) in [6, 6.07) is 11.5. The fraction of sp³-hybridized carbons (Fsp3) is 0.238. The molecule has 3 aromatic rings. The second kappa shape index (κ2) is 7.28. The molecule has 5 nitrogen and oxygen atoms in total. The van der Waals surface area contributed by atoms with Gasteiger partial charge < -0.3 is 10.2 Å². The van der Waals surface area contributed by atoms with Crippen molar-refractivity contribution in [2.75, 3.05) is 24.3 Å². The molecule has 0 radical (unpaired) electrons. The summed E-state index contributed by atoms with van der Waals surface area (Å²) in [6.07, 6.45) is 2.61. The largest absolute Gasteiger partial charge is 0.376 e. The number of carbonyl (C=O) groups is 1. The van der Waals surface area contributed by atoms with E-state index in [2.05, 4.69) is 10.4 Å². The molecule has 0 saturated heterocycles. The lowest BCUT2D eigenvalue weighted by Crippen LogP contribution is -2.18. The quantitative estimate of drug-likeness (QED) is 0.705. The summed E-state index contributed by atoms with van der Waals surface area (Å²) >= 11 is 6.12. The number of anilines is 2. The average molecular weight is 399 g/mol. The molecule has 1 N–H and O–H groups in total. The number of halogens is 2. The van der Waals surface area contributed by atoms with Crippen molar-refractivity contribution in [1.29, 1.82) is 0 Å². The van der Waals surface area contributed by atoms with Crippen LogP contribution in [-0.4, -0.2) is 29.8 Å². The van der Waals surface area contributed by atoms with Crippen LogP contribution in [0.1, 0.15) is 28.2 Å². The van der Waals surface area contributed by atoms with Gasteiger partial charge in [-0.15, -0.1) is 0 Å². The Hall–Kier alpha value is -2.86. The molecule has 1 amide bonds. The topological polar surface area (TPSA) is 50.2 Å². The Bertz CT molecular complexity index is 1040. The molecule has 2 aromatic carbocycles. The first-order chi connectivity index (χ1) is 13.4. The Morgan fingerprint density at radius 3 is 2.64 bits per heavy atom. The van der Waals surface area contributed by atoms with Crippen LogP contribution in [0.25, 0.3) is 5.69 Å². The van der Waals surface area contributed by atoms with Crippen LogP contribution in [0.2, 0.25) is 5.02 Å². The highest BCUT2D eigenvalue weighted by atomic mass is 35.5. The molecule has 0 aliphatic heterocycles. The van der Waals surface area contributed by atoms with Crippen molar-refractivity contribution in [3.63, 3.8) is 0 Å². The lowest BCUT2D eigenvalue weighted by atomic mass is 10.2. The summed E-state index contributed by atoms with van der Waals surface area (Å²) < 4.78 is 15.0. The van der Waals surface area contributed by atoms with Gasteiger partial charge in [-0.05, 0) is 61.7 Å². The Balaban J connectivity index is 1.71. The van der Waals surface area contributed by atoms with Gasteiger partial charge in [-0.3, -0.25) is 4.79 Å². The first-order valence-electron chi connectivity index (χ1n) is 9.09. The molecule has 4 rings (SSSR count). The van der Waals surface area contributed by atoms with Crippen LogP contribution in [-0.2, 0) is 12.8 Å². The van der Waals surface area contributed by atoms with Crippen molar-refractivity contribution in [2.45, 2.75) is 19.3 Å². The molecule has 1 aliphatic rings. The van der Waals surface area contributed by atoms with E-state index in [9.17, 15) is 9.18 Å². The first-order valence-corrected chi connectivity index (χ1v) is 9.47. The van der Waals surface area contributed by atoms with Crippen molar-refractivity contribution < 1.29 is 9.18 Å². The molecular formula is C21H20ClFN4O. The molecule has 1 aromatic heterocycles. The predicted molar refractivity (Wildman–Crippen MR) is 109 cm³/mol. The minimum atomic E-state index is -0.303. The zero-order chi connectivity index (χ0) is 19.8. The fourth-order valence-electron chi connectivity index (χ4n) is 3.60. The number of benzene rings is 2. The highest BCUT2D eigenvalue weighted by Crippen LogP contribution is 2.31. The Morgan fingerprint density at radius 1 is 1.18 bits per heavy atom. The van der Waals surface area contributed by atoms with Gasteiger partial charge in [-0.25, -0.2) is 9.07 Å². The van der Waals surface area contributed by atoms with Gasteiger partial charge in [0.25, 0.3) is 5.91 Å². The molecule has 28 heavy (non-hydrogen) atoms. The van der Waals surface area contributed by atoms with E-state index in [0.717, 1.165) is 41.9 Å². The Labute approximate surface area is 167 Å². The van der Waals surface area contributed by atoms with E-state index < -0.39 is 0 Å². The standard InChI is InChI=1S/C21H20ClFN4O/c1-26(2)19-11-6-13(22)12-17(19)24-21(28)20-16-4-3-5-18(16)27(25-20)15-9-7-14(23)8-10-15/h6-12H,3-5H2,1-2H3,(H,24,28). The average Bonchev–Trinajstić information content (AvgIpc) is 3.25. The fourth-order valence-corrected chi connectivity index (χ4v) is 3.77. The van der Waals surface area contributed by atoms with Crippen LogP contribution in [0.5, 0.6) is 0 Å². The van der Waals surface area contributed by atoms with Crippen LogP contribution >= 0.6 is 11.6 Å². The Morgan fingerprint density at radius 2 is 1.93 bits per heavy atom. The van der Waals surface area contributed by atoms with Gasteiger partial charge in [-0.1, -0.05) is 11.6 Å². The molecule has 7 heteroatoms. The third-order valence-corrected chi connectivity index (χ3v) is 5.14. The molecule has 1 aliphatic carbocycles. The summed E-state index contributed by atoms with van der Waals surface area (Å²) in [5, 5.41) is 8.06. The van der Waals surface area contributed by atoms with E-state index in [1.54, 1.807) is 28.9 Å². The highest BCUT2D eigenvalue weighted by molar-refractivity contribution is 6.31. The van der Waals surface area contributed by atoms with Gasteiger partial charge in [-0.2, -0.15) is 5.10 Å². The maximum absolute atomic E-state index is 13.3. The number of rotatable bonds is 4. The summed E-state index contributed by atoms with van der Waals surface area (Å²) in [6.45, 7) is 0. The van der Waals surface area contributed by atoms with Crippen molar-refractivity contribution in [3.8, 4) is 5.69 Å². The third kappa shape index (κ3) is 3.36. The van der Waals surface area contributed by atoms with Crippen LogP contribution in [0.4, 0.5) is 15.8 Å². The maximum Gasteiger partial charge on any atom is 0.276 e. The van der Waals surface area contributed by atoms with E-state index in [-0.39, 0.29) is 11.7 Å². The van der Waals surface area contributed by atoms with Gasteiger partial charge in [0, 0.05) is 30.4 Å². The third-order valence-electron chi connectivity index (χ3n) is 4.91. The number of carbonyl (C=O) groups excluding carboxylic acids is 1. The molecule has 1 heterocycles. The van der Waals surface area contributed by atoms with Crippen LogP contribution in [0.3, 0.4) is 0 Å². The molecule has 0 unspecified atom stereocenters. The van der Waals surface area contributed by atoms with E-state index in [0.29, 0.717) is 16.4 Å². The second-order valence-electron chi connectivity index (χ2n) is 7.03. The van der Waals surface area contributed by atoms with Crippen molar-refractivity contribution >= 4 is 28.9 Å². The van der Waals surface area contributed by atoms with Gasteiger partial charge in [0.2, 0.25) is 0 Å². The van der Waals surface area contributed by atoms with E-state index in [4.69, 9.17) is 11.6 Å². The zero-order valence-electron chi connectivity index (χ0n) is 15.7. The smallest absolute Gasteiger partial charge is 0.276 e.